The number of ether oxygens (including phenoxy) is 1. The van der Waals surface area contributed by atoms with E-state index in [1.54, 1.807) is 0 Å². The fraction of sp³-hybridized carbons (Fsp3) is 1.00. The molecule has 1 rings (SSSR count). The van der Waals surface area contributed by atoms with Gasteiger partial charge in [0.05, 0.1) is 12.2 Å². The van der Waals surface area contributed by atoms with E-state index in [1.165, 1.54) is 7.11 Å². The summed E-state index contributed by atoms with van der Waals surface area (Å²) in [4.78, 5) is 0. The van der Waals surface area contributed by atoms with Gasteiger partial charge in [-0.2, -0.15) is 0 Å². The Kier molecular flexibility index (Phi) is 2.84. The van der Waals surface area contributed by atoms with E-state index >= 15 is 0 Å². The molecule has 66 valence electrons. The molecule has 0 amide bonds. The van der Waals surface area contributed by atoms with Crippen LogP contribution in [0.25, 0.3) is 0 Å². The van der Waals surface area contributed by atoms with E-state index < -0.39 is 12.2 Å². The zero-order valence-corrected chi connectivity index (χ0v) is 6.47. The van der Waals surface area contributed by atoms with E-state index in [0.717, 1.165) is 0 Å². The largest absolute Gasteiger partial charge is 0.396 e. The van der Waals surface area contributed by atoms with Crippen molar-refractivity contribution in [1.82, 2.24) is 0 Å². The molecule has 0 aromatic carbocycles. The summed E-state index contributed by atoms with van der Waals surface area (Å²) in [5.74, 6) is -0.241. The van der Waals surface area contributed by atoms with Gasteiger partial charge in [0.25, 0.3) is 0 Å². The molecule has 1 fully saturated rings. The standard InChI is InChI=1S/C7H14O4/c1-11-5-2-4(3-8)6(9)7(5)10/h4-10H,2-3H2,1H3. The summed E-state index contributed by atoms with van der Waals surface area (Å²) in [6, 6.07) is 0. The maximum Gasteiger partial charge on any atom is 0.106 e. The highest BCUT2D eigenvalue weighted by Crippen LogP contribution is 2.27. The van der Waals surface area contributed by atoms with Crippen molar-refractivity contribution in [3.63, 3.8) is 0 Å². The first-order valence-electron chi connectivity index (χ1n) is 3.70. The molecule has 0 aliphatic heterocycles. The lowest BCUT2D eigenvalue weighted by Crippen LogP contribution is -2.32. The molecule has 0 aromatic heterocycles. The van der Waals surface area contributed by atoms with Crippen molar-refractivity contribution >= 4 is 0 Å². The van der Waals surface area contributed by atoms with Crippen LogP contribution in [0.2, 0.25) is 0 Å². The number of aliphatic hydroxyl groups is 3. The third-order valence-corrected chi connectivity index (χ3v) is 2.29. The molecule has 4 heteroatoms. The normalized spacial score (nSPS) is 44.7. The Labute approximate surface area is 65.4 Å². The number of rotatable bonds is 2. The lowest BCUT2D eigenvalue weighted by atomic mass is 10.1. The van der Waals surface area contributed by atoms with Crippen molar-refractivity contribution in [2.75, 3.05) is 13.7 Å². The van der Waals surface area contributed by atoms with Gasteiger partial charge in [0, 0.05) is 19.6 Å². The molecule has 0 aromatic rings. The first-order valence-corrected chi connectivity index (χ1v) is 3.70. The van der Waals surface area contributed by atoms with Crippen LogP contribution in [0.1, 0.15) is 6.42 Å². The van der Waals surface area contributed by atoms with Gasteiger partial charge in [0.1, 0.15) is 6.10 Å². The molecule has 0 saturated heterocycles. The average Bonchev–Trinajstić information content (AvgIpc) is 2.30. The van der Waals surface area contributed by atoms with Crippen LogP contribution in [0.4, 0.5) is 0 Å². The molecular formula is C7H14O4. The first kappa shape index (κ1) is 8.93. The Balaban J connectivity index is 2.53. The molecule has 1 saturated carbocycles. The van der Waals surface area contributed by atoms with Crippen molar-refractivity contribution in [2.45, 2.75) is 24.7 Å². The molecule has 4 atom stereocenters. The average molecular weight is 162 g/mol. The van der Waals surface area contributed by atoms with Gasteiger partial charge in [0.15, 0.2) is 0 Å². The van der Waals surface area contributed by atoms with Crippen LogP contribution >= 0.6 is 0 Å². The number of hydrogen-bond donors (Lipinski definition) is 3. The number of aliphatic hydroxyl groups excluding tert-OH is 3. The Hall–Kier alpha value is -0.160. The van der Waals surface area contributed by atoms with E-state index in [2.05, 4.69) is 0 Å². The van der Waals surface area contributed by atoms with E-state index in [0.29, 0.717) is 6.42 Å². The van der Waals surface area contributed by atoms with Gasteiger partial charge in [-0.15, -0.1) is 0 Å². The fourth-order valence-electron chi connectivity index (χ4n) is 1.49. The molecule has 0 bridgehead atoms. The van der Waals surface area contributed by atoms with Crippen LogP contribution in [-0.2, 0) is 4.74 Å². The topological polar surface area (TPSA) is 69.9 Å². The Morgan fingerprint density at radius 3 is 2.27 bits per heavy atom. The highest BCUT2D eigenvalue weighted by Gasteiger charge is 2.40. The maximum absolute atomic E-state index is 9.27. The minimum absolute atomic E-state index is 0.0991. The van der Waals surface area contributed by atoms with Crippen LogP contribution in [0, 0.1) is 5.92 Å². The van der Waals surface area contributed by atoms with E-state index in [9.17, 15) is 10.2 Å². The molecule has 0 spiro atoms. The maximum atomic E-state index is 9.27. The summed E-state index contributed by atoms with van der Waals surface area (Å²) >= 11 is 0. The Bertz CT molecular complexity index is 110. The first-order chi connectivity index (χ1) is 5.20. The highest BCUT2D eigenvalue weighted by molar-refractivity contribution is 4.91. The predicted octanol–water partition coefficient (Wildman–Crippen LogP) is -1.26. The SMILES string of the molecule is COC1CC(CO)C(O)C1O. The molecule has 11 heavy (non-hydrogen) atoms. The van der Waals surface area contributed by atoms with E-state index in [-0.39, 0.29) is 18.6 Å². The van der Waals surface area contributed by atoms with Crippen LogP contribution in [-0.4, -0.2) is 47.3 Å². The van der Waals surface area contributed by atoms with Crippen molar-refractivity contribution in [2.24, 2.45) is 5.92 Å². The zero-order chi connectivity index (χ0) is 8.43. The van der Waals surface area contributed by atoms with Gasteiger partial charge < -0.3 is 20.1 Å². The smallest absolute Gasteiger partial charge is 0.106 e. The summed E-state index contributed by atoms with van der Waals surface area (Å²) in [6.45, 7) is -0.0991. The van der Waals surface area contributed by atoms with Gasteiger partial charge >= 0.3 is 0 Å². The van der Waals surface area contributed by atoms with Gasteiger partial charge in [-0.1, -0.05) is 0 Å². The van der Waals surface area contributed by atoms with Crippen molar-refractivity contribution in [3.8, 4) is 0 Å². The lowest BCUT2D eigenvalue weighted by Gasteiger charge is -2.14. The second kappa shape index (κ2) is 3.49. The summed E-state index contributed by atoms with van der Waals surface area (Å²) in [6.07, 6.45) is -1.50. The quantitative estimate of drug-likeness (QED) is 0.474. The van der Waals surface area contributed by atoms with Gasteiger partial charge in [-0.05, 0) is 6.42 Å². The van der Waals surface area contributed by atoms with E-state index in [4.69, 9.17) is 9.84 Å². The van der Waals surface area contributed by atoms with Gasteiger partial charge in [-0.25, -0.2) is 0 Å². The van der Waals surface area contributed by atoms with Crippen LogP contribution in [0.15, 0.2) is 0 Å². The minimum Gasteiger partial charge on any atom is -0.396 e. The Morgan fingerprint density at radius 1 is 1.36 bits per heavy atom. The molecular weight excluding hydrogens is 148 g/mol. The summed E-state index contributed by atoms with van der Waals surface area (Å²) in [7, 11) is 1.49. The zero-order valence-electron chi connectivity index (χ0n) is 6.47. The molecule has 4 nitrogen and oxygen atoms in total. The number of methoxy groups -OCH3 is 1. The number of hydrogen-bond acceptors (Lipinski definition) is 4. The van der Waals surface area contributed by atoms with Gasteiger partial charge in [-0.3, -0.25) is 0 Å². The molecule has 0 radical (unpaired) electrons. The van der Waals surface area contributed by atoms with Crippen LogP contribution in [0.5, 0.6) is 0 Å². The molecule has 4 unspecified atom stereocenters. The Morgan fingerprint density at radius 2 is 2.00 bits per heavy atom. The molecule has 1 aliphatic rings. The second-order valence-electron chi connectivity index (χ2n) is 2.93. The van der Waals surface area contributed by atoms with E-state index in [1.807, 2.05) is 0 Å². The molecule has 3 N–H and O–H groups in total. The predicted molar refractivity (Wildman–Crippen MR) is 38.0 cm³/mol. The van der Waals surface area contributed by atoms with Gasteiger partial charge in [0.2, 0.25) is 0 Å². The molecule has 0 heterocycles. The van der Waals surface area contributed by atoms with Crippen molar-refractivity contribution in [1.29, 1.82) is 0 Å². The second-order valence-corrected chi connectivity index (χ2v) is 2.93. The monoisotopic (exact) mass is 162 g/mol. The summed E-state index contributed by atoms with van der Waals surface area (Å²) in [5, 5.41) is 27.3. The summed E-state index contributed by atoms with van der Waals surface area (Å²) in [5.41, 5.74) is 0. The van der Waals surface area contributed by atoms with Crippen molar-refractivity contribution in [3.05, 3.63) is 0 Å². The van der Waals surface area contributed by atoms with Crippen LogP contribution in [0.3, 0.4) is 0 Å². The third-order valence-electron chi connectivity index (χ3n) is 2.29. The molecule has 1 aliphatic carbocycles. The fourth-order valence-corrected chi connectivity index (χ4v) is 1.49. The third kappa shape index (κ3) is 1.54. The van der Waals surface area contributed by atoms with Crippen molar-refractivity contribution < 1.29 is 20.1 Å². The summed E-state index contributed by atoms with van der Waals surface area (Å²) < 4.78 is 4.90. The lowest BCUT2D eigenvalue weighted by molar-refractivity contribution is -0.0440. The highest BCUT2D eigenvalue weighted by atomic mass is 16.5. The van der Waals surface area contributed by atoms with Crippen LogP contribution < -0.4 is 0 Å². The minimum atomic E-state index is -0.850.